The molecule has 144 valence electrons. The lowest BCUT2D eigenvalue weighted by Crippen LogP contribution is -2.38. The highest BCUT2D eigenvalue weighted by Gasteiger charge is 2.14. The summed E-state index contributed by atoms with van der Waals surface area (Å²) >= 11 is 0. The van der Waals surface area contributed by atoms with Crippen LogP contribution in [0.1, 0.15) is 42.0 Å². The molecule has 0 aliphatic carbocycles. The lowest BCUT2D eigenvalue weighted by atomic mass is 10.0. The molecule has 3 heteroatoms. The highest BCUT2D eigenvalue weighted by atomic mass is 16.2. The molecule has 0 atom stereocenters. The van der Waals surface area contributed by atoms with E-state index in [2.05, 4.69) is 67.7 Å². The molecule has 3 aromatic rings. The van der Waals surface area contributed by atoms with Gasteiger partial charge in [-0.2, -0.15) is 0 Å². The van der Waals surface area contributed by atoms with Gasteiger partial charge in [0.2, 0.25) is 0 Å². The molecule has 0 saturated carbocycles. The molecule has 0 saturated heterocycles. The predicted molar refractivity (Wildman–Crippen MR) is 115 cm³/mol. The van der Waals surface area contributed by atoms with Crippen LogP contribution in [0.2, 0.25) is 0 Å². The molecule has 3 rings (SSSR count). The van der Waals surface area contributed by atoms with E-state index in [0.29, 0.717) is 25.6 Å². The maximum Gasteiger partial charge on any atom is 0.318 e. The molecule has 3 nitrogen and oxygen atoms in total. The Hall–Kier alpha value is -3.07. The van der Waals surface area contributed by atoms with Crippen LogP contribution >= 0.6 is 0 Å². The van der Waals surface area contributed by atoms with Crippen molar-refractivity contribution < 1.29 is 4.79 Å². The largest absolute Gasteiger partial charge is 0.334 e. The summed E-state index contributed by atoms with van der Waals surface area (Å²) in [4.78, 5) is 14.8. The van der Waals surface area contributed by atoms with E-state index in [1.807, 2.05) is 41.3 Å². The molecule has 0 aromatic heterocycles. The van der Waals surface area contributed by atoms with E-state index in [9.17, 15) is 4.79 Å². The van der Waals surface area contributed by atoms with Gasteiger partial charge in [0.05, 0.1) is 0 Å². The summed E-state index contributed by atoms with van der Waals surface area (Å²) in [6.45, 7) is 6.04. The molecule has 0 unspecified atom stereocenters. The molecule has 0 heterocycles. The fraction of sp³-hybridized carbons (Fsp3) is 0.240. The maximum atomic E-state index is 12.9. The molecule has 0 aliphatic rings. The van der Waals surface area contributed by atoms with Crippen molar-refractivity contribution in [2.75, 3.05) is 0 Å². The highest BCUT2D eigenvalue weighted by molar-refractivity contribution is 5.74. The molecule has 0 bridgehead atoms. The highest BCUT2D eigenvalue weighted by Crippen LogP contribution is 2.15. The molecular weight excluding hydrogens is 344 g/mol. The average molecular weight is 373 g/mol. The van der Waals surface area contributed by atoms with E-state index in [1.165, 1.54) is 5.56 Å². The zero-order chi connectivity index (χ0) is 19.8. The van der Waals surface area contributed by atoms with Gasteiger partial charge in [0.15, 0.2) is 0 Å². The fourth-order valence-electron chi connectivity index (χ4n) is 3.12. The van der Waals surface area contributed by atoms with Crippen LogP contribution in [-0.2, 0) is 19.6 Å². The smallest absolute Gasteiger partial charge is 0.318 e. The van der Waals surface area contributed by atoms with Gasteiger partial charge in [-0.15, -0.1) is 0 Å². The van der Waals surface area contributed by atoms with Gasteiger partial charge in [-0.3, -0.25) is 0 Å². The second kappa shape index (κ2) is 9.75. The molecule has 0 fully saturated rings. The molecular formula is C25H28N2O. The Morgan fingerprint density at radius 2 is 1.25 bits per heavy atom. The quantitative estimate of drug-likeness (QED) is 0.565. The number of carbonyl (C=O) groups excluding carboxylic acids is 1. The third kappa shape index (κ3) is 5.71. The molecule has 2 amide bonds. The van der Waals surface area contributed by atoms with Crippen LogP contribution in [-0.4, -0.2) is 10.9 Å². The van der Waals surface area contributed by atoms with E-state index in [4.69, 9.17) is 0 Å². The number of nitrogens with zero attached hydrogens (tertiary/aromatic N) is 1. The van der Waals surface area contributed by atoms with Crippen LogP contribution in [0.3, 0.4) is 0 Å². The molecule has 0 radical (unpaired) electrons. The van der Waals surface area contributed by atoms with Gasteiger partial charge in [0.25, 0.3) is 0 Å². The van der Waals surface area contributed by atoms with Gasteiger partial charge < -0.3 is 10.2 Å². The molecule has 28 heavy (non-hydrogen) atoms. The van der Waals surface area contributed by atoms with Crippen LogP contribution in [0.5, 0.6) is 0 Å². The normalized spacial score (nSPS) is 10.7. The van der Waals surface area contributed by atoms with Crippen LogP contribution in [0.15, 0.2) is 84.9 Å². The number of benzene rings is 3. The van der Waals surface area contributed by atoms with E-state index in [0.717, 1.165) is 16.7 Å². The van der Waals surface area contributed by atoms with Gasteiger partial charge in [0.1, 0.15) is 0 Å². The van der Waals surface area contributed by atoms with Crippen molar-refractivity contribution in [3.8, 4) is 0 Å². The first kappa shape index (κ1) is 19.7. The SMILES string of the molecule is CC(C)c1ccc(CNC(=O)N(Cc2ccccc2)Cc2ccccc2)cc1. The van der Waals surface area contributed by atoms with Gasteiger partial charge in [-0.1, -0.05) is 98.8 Å². The van der Waals surface area contributed by atoms with E-state index in [1.54, 1.807) is 0 Å². The molecule has 0 spiro atoms. The summed E-state index contributed by atoms with van der Waals surface area (Å²) in [5, 5.41) is 3.08. The van der Waals surface area contributed by atoms with Crippen molar-refractivity contribution in [3.05, 3.63) is 107 Å². The minimum absolute atomic E-state index is 0.0550. The number of hydrogen-bond acceptors (Lipinski definition) is 1. The molecule has 1 N–H and O–H groups in total. The number of carbonyl (C=O) groups is 1. The van der Waals surface area contributed by atoms with Gasteiger partial charge in [-0.05, 0) is 28.2 Å². The van der Waals surface area contributed by atoms with E-state index < -0.39 is 0 Å². The first-order valence-corrected chi connectivity index (χ1v) is 9.81. The maximum absolute atomic E-state index is 12.9. The van der Waals surface area contributed by atoms with Crippen LogP contribution < -0.4 is 5.32 Å². The number of nitrogens with one attached hydrogen (secondary N) is 1. The summed E-state index contributed by atoms with van der Waals surface area (Å²) < 4.78 is 0. The second-order valence-corrected chi connectivity index (χ2v) is 7.38. The monoisotopic (exact) mass is 372 g/mol. The third-order valence-corrected chi connectivity index (χ3v) is 4.81. The second-order valence-electron chi connectivity index (χ2n) is 7.38. The summed E-state index contributed by atoms with van der Waals surface area (Å²) in [6, 6.07) is 28.6. The molecule has 3 aromatic carbocycles. The summed E-state index contributed by atoms with van der Waals surface area (Å²) in [6.07, 6.45) is 0. The summed E-state index contributed by atoms with van der Waals surface area (Å²) in [5.74, 6) is 0.510. The Bertz CT molecular complexity index is 817. The molecule has 0 aliphatic heterocycles. The van der Waals surface area contributed by atoms with Gasteiger partial charge in [0, 0.05) is 19.6 Å². The number of urea groups is 1. The van der Waals surface area contributed by atoms with E-state index in [-0.39, 0.29) is 6.03 Å². The fourth-order valence-corrected chi connectivity index (χ4v) is 3.12. The van der Waals surface area contributed by atoms with Crippen molar-refractivity contribution in [1.29, 1.82) is 0 Å². The first-order chi connectivity index (χ1) is 13.6. The van der Waals surface area contributed by atoms with Crippen molar-refractivity contribution in [2.24, 2.45) is 0 Å². The minimum atomic E-state index is -0.0550. The zero-order valence-corrected chi connectivity index (χ0v) is 16.6. The first-order valence-electron chi connectivity index (χ1n) is 9.81. The van der Waals surface area contributed by atoms with Crippen LogP contribution in [0.4, 0.5) is 4.79 Å². The lowest BCUT2D eigenvalue weighted by Gasteiger charge is -2.23. The Morgan fingerprint density at radius 1 is 0.750 bits per heavy atom. The topological polar surface area (TPSA) is 32.3 Å². The average Bonchev–Trinajstić information content (AvgIpc) is 2.73. The Morgan fingerprint density at radius 3 is 1.71 bits per heavy atom. The van der Waals surface area contributed by atoms with E-state index >= 15 is 0 Å². The van der Waals surface area contributed by atoms with Crippen molar-refractivity contribution in [3.63, 3.8) is 0 Å². The Balaban J connectivity index is 1.66. The van der Waals surface area contributed by atoms with Gasteiger partial charge >= 0.3 is 6.03 Å². The summed E-state index contributed by atoms with van der Waals surface area (Å²) in [5.41, 5.74) is 4.66. The Labute approximate surface area is 168 Å². The van der Waals surface area contributed by atoms with Crippen molar-refractivity contribution in [2.45, 2.75) is 39.4 Å². The number of hydrogen-bond donors (Lipinski definition) is 1. The number of amides is 2. The Kier molecular flexibility index (Phi) is 6.85. The zero-order valence-electron chi connectivity index (χ0n) is 16.6. The standard InChI is InChI=1S/C25H28N2O/c1-20(2)24-15-13-21(14-16-24)17-26-25(28)27(18-22-9-5-3-6-10-22)19-23-11-7-4-8-12-23/h3-16,20H,17-19H2,1-2H3,(H,26,28). The van der Waals surface area contributed by atoms with Crippen LogP contribution in [0, 0.1) is 0 Å². The van der Waals surface area contributed by atoms with Crippen LogP contribution in [0.25, 0.3) is 0 Å². The predicted octanol–water partition coefficient (Wildman–Crippen LogP) is 5.72. The van der Waals surface area contributed by atoms with Gasteiger partial charge in [-0.25, -0.2) is 4.79 Å². The minimum Gasteiger partial charge on any atom is -0.334 e. The summed E-state index contributed by atoms with van der Waals surface area (Å²) in [7, 11) is 0. The third-order valence-electron chi connectivity index (χ3n) is 4.81. The van der Waals surface area contributed by atoms with Crippen molar-refractivity contribution in [1.82, 2.24) is 10.2 Å². The number of rotatable bonds is 7. The lowest BCUT2D eigenvalue weighted by molar-refractivity contribution is 0.192. The van der Waals surface area contributed by atoms with Crippen molar-refractivity contribution >= 4 is 6.03 Å².